The second kappa shape index (κ2) is 8.60. The van der Waals surface area contributed by atoms with E-state index in [2.05, 4.69) is 68.9 Å². The molecule has 36 heavy (non-hydrogen) atoms. The Morgan fingerprint density at radius 2 is 1.47 bits per heavy atom. The molecule has 0 heterocycles. The zero-order chi connectivity index (χ0) is 26.5. The van der Waals surface area contributed by atoms with Gasteiger partial charge in [-0.3, -0.25) is 0 Å². The summed E-state index contributed by atoms with van der Waals surface area (Å²) < 4.78 is 6.07. The van der Waals surface area contributed by atoms with Crippen LogP contribution < -0.4 is 0 Å². The normalized spacial score (nSPS) is 49.3. The molecule has 11 atom stereocenters. The van der Waals surface area contributed by atoms with Crippen molar-refractivity contribution in [2.24, 2.45) is 68.5 Å². The lowest BCUT2D eigenvalue weighted by atomic mass is 9.41. The van der Waals surface area contributed by atoms with E-state index in [9.17, 15) is 0 Å². The summed E-state index contributed by atoms with van der Waals surface area (Å²) in [6.07, 6.45) is 15.0. The average molecular weight is 497 g/mol. The van der Waals surface area contributed by atoms with Crippen molar-refractivity contribution >= 4 is 0 Å². The Labute approximate surface area is 225 Å². The highest BCUT2D eigenvalue weighted by molar-refractivity contribution is 5.30. The van der Waals surface area contributed by atoms with Gasteiger partial charge in [-0.1, -0.05) is 67.5 Å². The standard InChI is InChI=1S/C35H60O/c1-22(2)25(6)26(23(3)4)20-24(5)27-14-16-33(10)29-13-12-28-31(7,8)30(36-11)15-17-34(28)21-35(29,34)19-18-32(27,33)9/h23-30H,1,12-21H2,2-11H3/t24-,25+,26-,27-,28-,29+,30+,32-,33+,34-,35+/m1/s1. The van der Waals surface area contributed by atoms with Crippen LogP contribution in [-0.2, 0) is 4.74 Å². The van der Waals surface area contributed by atoms with Crippen LogP contribution >= 0.6 is 0 Å². The Kier molecular flexibility index (Phi) is 6.51. The molecule has 5 aliphatic carbocycles. The molecule has 0 aromatic rings. The van der Waals surface area contributed by atoms with Crippen LogP contribution in [-0.4, -0.2) is 13.2 Å². The van der Waals surface area contributed by atoms with E-state index in [0.717, 1.165) is 35.5 Å². The fraction of sp³-hybridized carbons (Fsp3) is 0.943. The fourth-order valence-corrected chi connectivity index (χ4v) is 12.7. The van der Waals surface area contributed by atoms with Gasteiger partial charge in [0, 0.05) is 7.11 Å². The van der Waals surface area contributed by atoms with Crippen molar-refractivity contribution in [2.45, 2.75) is 133 Å². The lowest BCUT2D eigenvalue weighted by Crippen LogP contribution is -2.57. The molecule has 0 amide bonds. The molecule has 0 radical (unpaired) electrons. The van der Waals surface area contributed by atoms with Gasteiger partial charge in [0.1, 0.15) is 0 Å². The largest absolute Gasteiger partial charge is 0.381 e. The first-order valence-electron chi connectivity index (χ1n) is 15.9. The van der Waals surface area contributed by atoms with Crippen LogP contribution in [0.15, 0.2) is 12.2 Å². The quantitative estimate of drug-likeness (QED) is 0.319. The van der Waals surface area contributed by atoms with Crippen molar-refractivity contribution in [1.82, 2.24) is 0 Å². The summed E-state index contributed by atoms with van der Waals surface area (Å²) in [6, 6.07) is 0. The van der Waals surface area contributed by atoms with Crippen molar-refractivity contribution in [3.8, 4) is 0 Å². The molecule has 0 aromatic carbocycles. The number of ether oxygens (including phenoxy) is 1. The third-order valence-corrected chi connectivity index (χ3v) is 15.0. The minimum absolute atomic E-state index is 0.335. The van der Waals surface area contributed by atoms with Gasteiger partial charge in [-0.25, -0.2) is 0 Å². The van der Waals surface area contributed by atoms with E-state index in [-0.39, 0.29) is 0 Å². The summed E-state index contributed by atoms with van der Waals surface area (Å²) in [5.74, 6) is 5.69. The highest BCUT2D eigenvalue weighted by atomic mass is 16.5. The molecular formula is C35H60O. The van der Waals surface area contributed by atoms with E-state index in [1.54, 1.807) is 6.42 Å². The Hall–Kier alpha value is -0.300. The summed E-state index contributed by atoms with van der Waals surface area (Å²) in [4.78, 5) is 0. The maximum Gasteiger partial charge on any atom is 0.0625 e. The first-order valence-corrected chi connectivity index (χ1v) is 15.9. The molecule has 0 unspecified atom stereocenters. The van der Waals surface area contributed by atoms with Crippen LogP contribution in [0.1, 0.15) is 127 Å². The van der Waals surface area contributed by atoms with Gasteiger partial charge in [0.15, 0.2) is 0 Å². The number of methoxy groups -OCH3 is 1. The third-order valence-electron chi connectivity index (χ3n) is 15.0. The zero-order valence-corrected chi connectivity index (χ0v) is 25.8. The lowest BCUT2D eigenvalue weighted by molar-refractivity contribution is -0.166. The van der Waals surface area contributed by atoms with E-state index in [0.29, 0.717) is 39.1 Å². The summed E-state index contributed by atoms with van der Waals surface area (Å²) in [6.45, 7) is 27.3. The topological polar surface area (TPSA) is 9.23 Å². The predicted octanol–water partition coefficient (Wildman–Crippen LogP) is 9.95. The van der Waals surface area contributed by atoms with Gasteiger partial charge in [-0.2, -0.15) is 0 Å². The highest BCUT2D eigenvalue weighted by Crippen LogP contribution is 2.89. The molecule has 0 saturated heterocycles. The molecule has 0 bridgehead atoms. The molecule has 1 heteroatoms. The van der Waals surface area contributed by atoms with Crippen LogP contribution in [0.3, 0.4) is 0 Å². The summed E-state index contributed by atoms with van der Waals surface area (Å²) in [5, 5.41) is 0. The molecule has 5 rings (SSSR count). The average Bonchev–Trinajstić information content (AvgIpc) is 3.38. The Morgan fingerprint density at radius 1 is 0.833 bits per heavy atom. The molecule has 0 aliphatic heterocycles. The van der Waals surface area contributed by atoms with Gasteiger partial charge >= 0.3 is 0 Å². The molecule has 0 N–H and O–H groups in total. The van der Waals surface area contributed by atoms with Crippen molar-refractivity contribution < 1.29 is 4.74 Å². The predicted molar refractivity (Wildman–Crippen MR) is 154 cm³/mol. The Balaban J connectivity index is 1.39. The first-order chi connectivity index (χ1) is 16.7. The van der Waals surface area contributed by atoms with E-state index in [1.807, 2.05) is 7.11 Å². The van der Waals surface area contributed by atoms with Crippen LogP contribution in [0.25, 0.3) is 0 Å². The van der Waals surface area contributed by atoms with Crippen molar-refractivity contribution in [1.29, 1.82) is 0 Å². The monoisotopic (exact) mass is 496 g/mol. The van der Waals surface area contributed by atoms with Crippen molar-refractivity contribution in [3.63, 3.8) is 0 Å². The number of hydrogen-bond donors (Lipinski definition) is 0. The van der Waals surface area contributed by atoms with Crippen molar-refractivity contribution in [2.75, 3.05) is 7.11 Å². The van der Waals surface area contributed by atoms with E-state index in [1.165, 1.54) is 63.4 Å². The van der Waals surface area contributed by atoms with Gasteiger partial charge in [0.25, 0.3) is 0 Å². The molecule has 1 nitrogen and oxygen atoms in total. The minimum atomic E-state index is 0.335. The van der Waals surface area contributed by atoms with Crippen LogP contribution in [0.2, 0.25) is 0 Å². The second-order valence-corrected chi connectivity index (χ2v) is 16.5. The molecule has 0 aromatic heterocycles. The van der Waals surface area contributed by atoms with Gasteiger partial charge in [0.2, 0.25) is 0 Å². The Morgan fingerprint density at radius 3 is 2.08 bits per heavy atom. The third kappa shape index (κ3) is 3.35. The van der Waals surface area contributed by atoms with E-state index in [4.69, 9.17) is 4.74 Å². The van der Waals surface area contributed by atoms with Crippen molar-refractivity contribution in [3.05, 3.63) is 12.2 Å². The van der Waals surface area contributed by atoms with E-state index >= 15 is 0 Å². The van der Waals surface area contributed by atoms with E-state index < -0.39 is 0 Å². The first kappa shape index (κ1) is 27.3. The zero-order valence-electron chi connectivity index (χ0n) is 25.8. The maximum absolute atomic E-state index is 6.07. The fourth-order valence-electron chi connectivity index (χ4n) is 12.7. The van der Waals surface area contributed by atoms with Gasteiger partial charge in [0.05, 0.1) is 6.10 Å². The second-order valence-electron chi connectivity index (χ2n) is 16.5. The molecule has 2 spiro atoms. The Bertz CT molecular complexity index is 870. The van der Waals surface area contributed by atoms with Gasteiger partial charge in [-0.15, -0.1) is 0 Å². The number of allylic oxidation sites excluding steroid dienone is 1. The SMILES string of the molecule is C=C(C)[C@H](C)[C@H](C[C@@H](C)[C@H]1CC[C@@]2(C)[C@@H]3CC[C@@H]4C(C)(C)[C@@H](OC)CC[C@@]45C[C@@]35CC[C@]12C)C(C)C. The number of rotatable bonds is 7. The number of hydrogen-bond acceptors (Lipinski definition) is 1. The molecule has 5 aliphatic rings. The van der Waals surface area contributed by atoms with Crippen LogP contribution in [0.5, 0.6) is 0 Å². The van der Waals surface area contributed by atoms with Gasteiger partial charge in [-0.05, 0) is 140 Å². The minimum Gasteiger partial charge on any atom is -0.381 e. The molecule has 206 valence electrons. The molecular weight excluding hydrogens is 436 g/mol. The summed E-state index contributed by atoms with van der Waals surface area (Å²) in [5.41, 5.74) is 4.07. The van der Waals surface area contributed by atoms with Crippen LogP contribution in [0, 0.1) is 68.5 Å². The summed E-state index contributed by atoms with van der Waals surface area (Å²) >= 11 is 0. The maximum atomic E-state index is 6.07. The highest BCUT2D eigenvalue weighted by Gasteiger charge is 2.82. The molecule has 5 saturated carbocycles. The smallest absolute Gasteiger partial charge is 0.0625 e. The molecule has 5 fully saturated rings. The van der Waals surface area contributed by atoms with Crippen LogP contribution in [0.4, 0.5) is 0 Å². The number of fused-ring (bicyclic) bond motifs is 2. The summed E-state index contributed by atoms with van der Waals surface area (Å²) in [7, 11) is 1.96. The lowest BCUT2D eigenvalue weighted by Gasteiger charge is -2.63. The van der Waals surface area contributed by atoms with Gasteiger partial charge < -0.3 is 4.74 Å².